The van der Waals surface area contributed by atoms with E-state index in [1.54, 1.807) is 0 Å². The van der Waals surface area contributed by atoms with Gasteiger partial charge in [0.2, 0.25) is 0 Å². The minimum absolute atomic E-state index is 0.0586. The van der Waals surface area contributed by atoms with E-state index in [-0.39, 0.29) is 5.41 Å². The molecule has 16 heavy (non-hydrogen) atoms. The summed E-state index contributed by atoms with van der Waals surface area (Å²) in [6.45, 7) is 12.2. The van der Waals surface area contributed by atoms with Gasteiger partial charge in [-0.3, -0.25) is 0 Å². The van der Waals surface area contributed by atoms with Gasteiger partial charge in [-0.25, -0.2) is 0 Å². The summed E-state index contributed by atoms with van der Waals surface area (Å²) < 4.78 is 0. The average molecular weight is 212 g/mol. The van der Waals surface area contributed by atoms with Crippen LogP contribution in [0.1, 0.15) is 44.4 Å². The number of benzene rings is 1. The number of hydrogen-bond donors (Lipinski definition) is 0. The van der Waals surface area contributed by atoms with Crippen LogP contribution in [0.15, 0.2) is 30.9 Å². The third kappa shape index (κ3) is 2.73. The fourth-order valence-electron chi connectivity index (χ4n) is 1.47. The largest absolute Gasteiger partial charge is 0.192 e. The van der Waals surface area contributed by atoms with Crippen LogP contribution in [0.5, 0.6) is 0 Å². The maximum atomic E-state index is 9.02. The highest BCUT2D eigenvalue weighted by Crippen LogP contribution is 2.27. The number of nitriles is 1. The van der Waals surface area contributed by atoms with E-state index >= 15 is 0 Å². The van der Waals surface area contributed by atoms with E-state index in [4.69, 9.17) is 5.26 Å². The molecular formula is C15H18N. The van der Waals surface area contributed by atoms with Crippen molar-refractivity contribution in [3.8, 4) is 6.07 Å². The average Bonchev–Trinajstić information content (AvgIpc) is 2.26. The van der Waals surface area contributed by atoms with Crippen LogP contribution in [0.2, 0.25) is 0 Å². The molecule has 0 fully saturated rings. The van der Waals surface area contributed by atoms with Gasteiger partial charge in [0.05, 0.1) is 11.6 Å². The van der Waals surface area contributed by atoms with E-state index in [1.807, 2.05) is 25.1 Å². The molecule has 0 unspecified atom stereocenters. The zero-order valence-electron chi connectivity index (χ0n) is 10.5. The molecule has 1 aromatic carbocycles. The van der Waals surface area contributed by atoms with Crippen molar-refractivity contribution >= 4 is 0 Å². The van der Waals surface area contributed by atoms with Crippen LogP contribution in [0.25, 0.3) is 0 Å². The maximum absolute atomic E-state index is 9.02. The van der Waals surface area contributed by atoms with Gasteiger partial charge in [0.25, 0.3) is 0 Å². The Morgan fingerprint density at radius 2 is 1.94 bits per heavy atom. The highest BCUT2D eigenvalue weighted by Gasteiger charge is 2.16. The number of allylic oxidation sites excluding steroid dienone is 1. The fraction of sp³-hybridized carbons (Fsp3) is 0.333. The molecule has 0 aliphatic rings. The second-order valence-electron chi connectivity index (χ2n) is 5.05. The Morgan fingerprint density at radius 3 is 2.38 bits per heavy atom. The first-order valence-electron chi connectivity index (χ1n) is 5.40. The first kappa shape index (κ1) is 12.5. The monoisotopic (exact) mass is 212 g/mol. The van der Waals surface area contributed by atoms with E-state index < -0.39 is 0 Å². The van der Waals surface area contributed by atoms with E-state index in [0.29, 0.717) is 5.56 Å². The molecule has 1 radical (unpaired) electrons. The molecule has 0 bridgehead atoms. The minimum atomic E-state index is 0.0586. The number of hydrogen-bond acceptors (Lipinski definition) is 1. The van der Waals surface area contributed by atoms with Crippen LogP contribution in [0, 0.1) is 17.2 Å². The molecule has 0 spiro atoms. The van der Waals surface area contributed by atoms with Gasteiger partial charge in [-0.15, -0.1) is 6.58 Å². The highest BCUT2D eigenvalue weighted by atomic mass is 14.3. The molecule has 0 aliphatic carbocycles. The Balaban J connectivity index is 3.33. The SMILES string of the molecule is C=C[C](C)c1cc(C#N)cc(C(C)(C)C)c1. The summed E-state index contributed by atoms with van der Waals surface area (Å²) in [6, 6.07) is 8.22. The van der Waals surface area contributed by atoms with Gasteiger partial charge in [0, 0.05) is 5.92 Å². The molecule has 83 valence electrons. The quantitative estimate of drug-likeness (QED) is 0.727. The van der Waals surface area contributed by atoms with Crippen LogP contribution in [-0.4, -0.2) is 0 Å². The molecule has 0 amide bonds. The van der Waals surface area contributed by atoms with Gasteiger partial charge in [-0.1, -0.05) is 39.8 Å². The molecule has 1 rings (SSSR count). The molecule has 0 aromatic heterocycles. The summed E-state index contributed by atoms with van der Waals surface area (Å²) in [5.41, 5.74) is 3.04. The van der Waals surface area contributed by atoms with Crippen molar-refractivity contribution in [1.82, 2.24) is 0 Å². The molecule has 0 saturated heterocycles. The molecule has 0 saturated carbocycles. The molecule has 0 aliphatic heterocycles. The van der Waals surface area contributed by atoms with Crippen molar-refractivity contribution in [2.45, 2.75) is 33.1 Å². The van der Waals surface area contributed by atoms with Crippen LogP contribution >= 0.6 is 0 Å². The third-order valence-corrected chi connectivity index (χ3v) is 2.69. The predicted octanol–water partition coefficient (Wildman–Crippen LogP) is 3.98. The fourth-order valence-corrected chi connectivity index (χ4v) is 1.47. The highest BCUT2D eigenvalue weighted by molar-refractivity contribution is 5.46. The minimum Gasteiger partial charge on any atom is -0.192 e. The topological polar surface area (TPSA) is 23.8 Å². The standard InChI is InChI=1S/C15H18N/c1-6-11(2)13-7-12(10-16)8-14(9-13)15(3,4)5/h6-9H,1H2,2-5H3. The zero-order chi connectivity index (χ0) is 12.3. The van der Waals surface area contributed by atoms with Crippen molar-refractivity contribution in [3.63, 3.8) is 0 Å². The number of nitrogens with zero attached hydrogens (tertiary/aromatic N) is 1. The molecule has 1 aromatic rings. The molecule has 0 heterocycles. The summed E-state index contributed by atoms with van der Waals surface area (Å²) in [4.78, 5) is 0. The first-order chi connectivity index (χ1) is 7.38. The van der Waals surface area contributed by atoms with Crippen LogP contribution in [0.3, 0.4) is 0 Å². The van der Waals surface area contributed by atoms with Crippen molar-refractivity contribution in [3.05, 3.63) is 53.5 Å². The Hall–Kier alpha value is -1.55. The second-order valence-corrected chi connectivity index (χ2v) is 5.05. The summed E-state index contributed by atoms with van der Waals surface area (Å²) in [5.74, 6) is 1.10. The van der Waals surface area contributed by atoms with E-state index in [1.165, 1.54) is 5.56 Å². The van der Waals surface area contributed by atoms with Crippen molar-refractivity contribution in [1.29, 1.82) is 5.26 Å². The molecule has 0 atom stereocenters. The van der Waals surface area contributed by atoms with Crippen molar-refractivity contribution < 1.29 is 0 Å². The van der Waals surface area contributed by atoms with E-state index in [2.05, 4.69) is 39.5 Å². The molecule has 0 N–H and O–H groups in total. The lowest BCUT2D eigenvalue weighted by Gasteiger charge is -2.21. The lowest BCUT2D eigenvalue weighted by Crippen LogP contribution is -2.12. The van der Waals surface area contributed by atoms with Gasteiger partial charge >= 0.3 is 0 Å². The lowest BCUT2D eigenvalue weighted by molar-refractivity contribution is 0.589. The zero-order valence-corrected chi connectivity index (χ0v) is 10.5. The van der Waals surface area contributed by atoms with Gasteiger partial charge in [0.1, 0.15) is 0 Å². The molecule has 1 nitrogen and oxygen atoms in total. The van der Waals surface area contributed by atoms with Crippen molar-refractivity contribution in [2.24, 2.45) is 0 Å². The van der Waals surface area contributed by atoms with Gasteiger partial charge in [-0.2, -0.15) is 5.26 Å². The summed E-state index contributed by atoms with van der Waals surface area (Å²) in [6.07, 6.45) is 1.82. The smallest absolute Gasteiger partial charge is 0.0991 e. The summed E-state index contributed by atoms with van der Waals surface area (Å²) >= 11 is 0. The van der Waals surface area contributed by atoms with Crippen molar-refractivity contribution in [2.75, 3.05) is 0 Å². The predicted molar refractivity (Wildman–Crippen MR) is 68.1 cm³/mol. The Bertz CT molecular complexity index is 430. The maximum Gasteiger partial charge on any atom is 0.0991 e. The van der Waals surface area contributed by atoms with Gasteiger partial charge in [-0.05, 0) is 28.7 Å². The second kappa shape index (κ2) is 4.53. The van der Waals surface area contributed by atoms with Crippen LogP contribution < -0.4 is 0 Å². The van der Waals surface area contributed by atoms with E-state index in [0.717, 1.165) is 11.5 Å². The normalized spacial score (nSPS) is 11.2. The van der Waals surface area contributed by atoms with Gasteiger partial charge < -0.3 is 0 Å². The molecule has 1 heteroatoms. The lowest BCUT2D eigenvalue weighted by atomic mass is 9.83. The summed E-state index contributed by atoms with van der Waals surface area (Å²) in [7, 11) is 0. The van der Waals surface area contributed by atoms with Crippen LogP contribution in [0.4, 0.5) is 0 Å². The number of rotatable bonds is 2. The Morgan fingerprint density at radius 1 is 1.31 bits per heavy atom. The Labute approximate surface area is 98.4 Å². The van der Waals surface area contributed by atoms with Gasteiger partial charge in [0.15, 0.2) is 0 Å². The molecular weight excluding hydrogens is 194 g/mol. The first-order valence-corrected chi connectivity index (χ1v) is 5.40. The third-order valence-electron chi connectivity index (χ3n) is 2.69. The van der Waals surface area contributed by atoms with Crippen LogP contribution in [-0.2, 0) is 5.41 Å². The Kier molecular flexibility index (Phi) is 3.55. The van der Waals surface area contributed by atoms with E-state index in [9.17, 15) is 0 Å². The summed E-state index contributed by atoms with van der Waals surface area (Å²) in [5, 5.41) is 9.02.